The zero-order chi connectivity index (χ0) is 13.7. The van der Waals surface area contributed by atoms with Crippen LogP contribution in [0.3, 0.4) is 0 Å². The van der Waals surface area contributed by atoms with Crippen LogP contribution in [0.2, 0.25) is 0 Å². The fourth-order valence-corrected chi connectivity index (χ4v) is 2.35. The molecule has 1 aliphatic heterocycles. The molecular weight excluding hydrogens is 240 g/mol. The molecule has 0 radical (unpaired) electrons. The first-order valence-corrected chi connectivity index (χ1v) is 6.86. The van der Waals surface area contributed by atoms with Crippen molar-refractivity contribution in [1.29, 1.82) is 0 Å². The summed E-state index contributed by atoms with van der Waals surface area (Å²) in [4.78, 5) is 13.9. The van der Waals surface area contributed by atoms with Gasteiger partial charge >= 0.3 is 0 Å². The van der Waals surface area contributed by atoms with Gasteiger partial charge in [0.25, 0.3) is 0 Å². The smallest absolute Gasteiger partial charge is 0.226 e. The lowest BCUT2D eigenvalue weighted by Gasteiger charge is -2.27. The number of hydrogen-bond donors (Lipinski definition) is 1. The number of ether oxygens (including phenoxy) is 1. The first-order valence-electron chi connectivity index (χ1n) is 6.86. The van der Waals surface area contributed by atoms with Gasteiger partial charge in [0.2, 0.25) is 5.91 Å². The molecule has 0 saturated carbocycles. The molecule has 4 heteroatoms. The van der Waals surface area contributed by atoms with Crippen LogP contribution in [0.5, 0.6) is 0 Å². The Kier molecular flexibility index (Phi) is 4.80. The van der Waals surface area contributed by atoms with Gasteiger partial charge in [0.1, 0.15) is 0 Å². The summed E-state index contributed by atoms with van der Waals surface area (Å²) in [6.45, 7) is 1.49. The zero-order valence-corrected chi connectivity index (χ0v) is 11.5. The molecule has 1 aromatic carbocycles. The number of carbonyl (C=O) groups excluding carboxylic acids is 1. The Balaban J connectivity index is 1.87. The lowest BCUT2D eigenvalue weighted by molar-refractivity contribution is -0.131. The monoisotopic (exact) mass is 262 g/mol. The predicted octanol–water partition coefficient (Wildman–Crippen LogP) is 1.84. The van der Waals surface area contributed by atoms with E-state index < -0.39 is 0 Å². The van der Waals surface area contributed by atoms with Gasteiger partial charge in [-0.15, -0.1) is 0 Å². The minimum absolute atomic E-state index is 0.0899. The highest BCUT2D eigenvalue weighted by molar-refractivity contribution is 5.80. The Bertz CT molecular complexity index is 428. The number of amides is 1. The average molecular weight is 262 g/mol. The maximum Gasteiger partial charge on any atom is 0.226 e. The topological polar surface area (TPSA) is 55.6 Å². The van der Waals surface area contributed by atoms with E-state index in [1.54, 1.807) is 4.90 Å². The molecule has 1 amide bonds. The van der Waals surface area contributed by atoms with Gasteiger partial charge in [-0.25, -0.2) is 0 Å². The standard InChI is InChI=1S/C15H22N2O2/c1-17(11-13-7-4-5-9-19-13)15(18)10-12-6-2-3-8-14(12)16/h2-3,6,8,13H,4-5,7,9-11,16H2,1H3. The lowest BCUT2D eigenvalue weighted by atomic mass is 10.1. The van der Waals surface area contributed by atoms with Gasteiger partial charge in [0.15, 0.2) is 0 Å². The molecule has 1 aromatic rings. The highest BCUT2D eigenvalue weighted by Crippen LogP contribution is 2.15. The van der Waals surface area contributed by atoms with Gasteiger partial charge < -0.3 is 15.4 Å². The van der Waals surface area contributed by atoms with E-state index in [1.807, 2.05) is 31.3 Å². The number of carbonyl (C=O) groups is 1. The zero-order valence-electron chi connectivity index (χ0n) is 11.5. The fourth-order valence-electron chi connectivity index (χ4n) is 2.35. The van der Waals surface area contributed by atoms with Gasteiger partial charge in [-0.2, -0.15) is 0 Å². The molecule has 104 valence electrons. The van der Waals surface area contributed by atoms with Crippen LogP contribution >= 0.6 is 0 Å². The molecule has 2 rings (SSSR count). The van der Waals surface area contributed by atoms with Crippen molar-refractivity contribution in [2.45, 2.75) is 31.8 Å². The van der Waals surface area contributed by atoms with Crippen molar-refractivity contribution < 1.29 is 9.53 Å². The number of nitrogens with zero attached hydrogens (tertiary/aromatic N) is 1. The minimum atomic E-state index is 0.0899. The van der Waals surface area contributed by atoms with Crippen LogP contribution in [-0.4, -0.2) is 37.1 Å². The normalized spacial score (nSPS) is 19.1. The van der Waals surface area contributed by atoms with E-state index in [1.165, 1.54) is 6.42 Å². The number of rotatable bonds is 4. The maximum atomic E-state index is 12.2. The van der Waals surface area contributed by atoms with Crippen LogP contribution in [0.25, 0.3) is 0 Å². The highest BCUT2D eigenvalue weighted by Gasteiger charge is 2.19. The molecule has 0 aliphatic carbocycles. The van der Waals surface area contributed by atoms with E-state index in [4.69, 9.17) is 10.5 Å². The van der Waals surface area contributed by atoms with E-state index in [0.717, 1.165) is 25.0 Å². The number of anilines is 1. The van der Waals surface area contributed by atoms with Crippen LogP contribution in [0.15, 0.2) is 24.3 Å². The number of nitrogens with two attached hydrogens (primary N) is 1. The summed E-state index contributed by atoms with van der Waals surface area (Å²) in [6, 6.07) is 7.51. The summed E-state index contributed by atoms with van der Waals surface area (Å²) >= 11 is 0. The van der Waals surface area contributed by atoms with Gasteiger partial charge in [-0.1, -0.05) is 18.2 Å². The van der Waals surface area contributed by atoms with Crippen LogP contribution in [0, 0.1) is 0 Å². The molecule has 1 atom stereocenters. The molecule has 4 nitrogen and oxygen atoms in total. The third kappa shape index (κ3) is 3.96. The van der Waals surface area contributed by atoms with Crippen LogP contribution in [0.4, 0.5) is 5.69 Å². The Morgan fingerprint density at radius 1 is 1.42 bits per heavy atom. The molecule has 1 aliphatic rings. The van der Waals surface area contributed by atoms with Crippen molar-refractivity contribution in [3.8, 4) is 0 Å². The molecule has 1 unspecified atom stereocenters. The Labute approximate surface area is 114 Å². The Morgan fingerprint density at radius 2 is 2.21 bits per heavy atom. The second kappa shape index (κ2) is 6.57. The lowest BCUT2D eigenvalue weighted by Crippen LogP contribution is -2.37. The Morgan fingerprint density at radius 3 is 2.89 bits per heavy atom. The average Bonchev–Trinajstić information content (AvgIpc) is 2.42. The van der Waals surface area contributed by atoms with Crippen molar-refractivity contribution in [3.63, 3.8) is 0 Å². The number of benzene rings is 1. The van der Waals surface area contributed by atoms with Crippen molar-refractivity contribution in [3.05, 3.63) is 29.8 Å². The van der Waals surface area contributed by atoms with Gasteiger partial charge in [0, 0.05) is 25.9 Å². The summed E-state index contributed by atoms with van der Waals surface area (Å²) < 4.78 is 5.65. The molecule has 1 saturated heterocycles. The van der Waals surface area contributed by atoms with Gasteiger partial charge in [0.05, 0.1) is 12.5 Å². The fraction of sp³-hybridized carbons (Fsp3) is 0.533. The van der Waals surface area contributed by atoms with Crippen molar-refractivity contribution >= 4 is 11.6 Å². The molecule has 0 spiro atoms. The maximum absolute atomic E-state index is 12.2. The first-order chi connectivity index (χ1) is 9.16. The molecular formula is C15H22N2O2. The number of nitrogen functional groups attached to an aromatic ring is 1. The van der Waals surface area contributed by atoms with E-state index in [9.17, 15) is 4.79 Å². The van der Waals surface area contributed by atoms with Gasteiger partial charge in [-0.3, -0.25) is 4.79 Å². The predicted molar refractivity (Wildman–Crippen MR) is 75.8 cm³/mol. The second-order valence-corrected chi connectivity index (χ2v) is 5.14. The van der Waals surface area contributed by atoms with Crippen molar-refractivity contribution in [2.75, 3.05) is 25.9 Å². The first kappa shape index (κ1) is 13.9. The summed E-state index contributed by atoms with van der Waals surface area (Å²) in [5, 5.41) is 0. The van der Waals surface area contributed by atoms with Crippen LogP contribution in [-0.2, 0) is 16.0 Å². The number of para-hydroxylation sites is 1. The van der Waals surface area contributed by atoms with Crippen LogP contribution < -0.4 is 5.73 Å². The number of likely N-dealkylation sites (N-methyl/N-ethyl adjacent to an activating group) is 1. The van der Waals surface area contributed by atoms with E-state index >= 15 is 0 Å². The van der Waals surface area contributed by atoms with E-state index in [2.05, 4.69) is 0 Å². The summed E-state index contributed by atoms with van der Waals surface area (Å²) in [5.74, 6) is 0.0899. The van der Waals surface area contributed by atoms with E-state index in [0.29, 0.717) is 18.7 Å². The molecule has 2 N–H and O–H groups in total. The highest BCUT2D eigenvalue weighted by atomic mass is 16.5. The Hall–Kier alpha value is -1.55. The largest absolute Gasteiger partial charge is 0.398 e. The number of hydrogen-bond acceptors (Lipinski definition) is 3. The molecule has 19 heavy (non-hydrogen) atoms. The van der Waals surface area contributed by atoms with E-state index in [-0.39, 0.29) is 12.0 Å². The summed E-state index contributed by atoms with van der Waals surface area (Å²) in [5.41, 5.74) is 7.43. The molecule has 1 heterocycles. The SMILES string of the molecule is CN(CC1CCCCO1)C(=O)Cc1ccccc1N. The second-order valence-electron chi connectivity index (χ2n) is 5.14. The molecule has 1 fully saturated rings. The van der Waals surface area contributed by atoms with Gasteiger partial charge in [-0.05, 0) is 30.9 Å². The van der Waals surface area contributed by atoms with Crippen molar-refractivity contribution in [1.82, 2.24) is 4.90 Å². The third-order valence-corrected chi connectivity index (χ3v) is 3.57. The van der Waals surface area contributed by atoms with Crippen LogP contribution in [0.1, 0.15) is 24.8 Å². The summed E-state index contributed by atoms with van der Waals surface area (Å²) in [7, 11) is 1.83. The molecule has 0 aromatic heterocycles. The van der Waals surface area contributed by atoms with Crippen molar-refractivity contribution in [2.24, 2.45) is 0 Å². The molecule has 0 bridgehead atoms. The minimum Gasteiger partial charge on any atom is -0.398 e. The third-order valence-electron chi connectivity index (χ3n) is 3.57. The summed E-state index contributed by atoms with van der Waals surface area (Å²) in [6.07, 6.45) is 3.92. The quantitative estimate of drug-likeness (QED) is 0.842.